The Labute approximate surface area is 104 Å². The molecule has 0 radical (unpaired) electrons. The fraction of sp³-hybridized carbons (Fsp3) is 0.909. The van der Waals surface area contributed by atoms with Crippen LogP contribution in [0.5, 0.6) is 0 Å². The van der Waals surface area contributed by atoms with Crippen LogP contribution in [0.2, 0.25) is 0 Å². The van der Waals surface area contributed by atoms with E-state index in [-0.39, 0.29) is 25.1 Å². The molecule has 2 N–H and O–H groups in total. The number of nitrogens with zero attached hydrogens (tertiary/aromatic N) is 1. The van der Waals surface area contributed by atoms with Crippen LogP contribution in [-0.2, 0) is 4.79 Å². The molecule has 0 spiro atoms. The lowest BCUT2D eigenvalue weighted by molar-refractivity contribution is -0.135. The van der Waals surface area contributed by atoms with Crippen molar-refractivity contribution in [2.45, 2.75) is 37.9 Å². The number of alkyl halides is 3. The van der Waals surface area contributed by atoms with Gasteiger partial charge in [0.25, 0.3) is 0 Å². The molecule has 1 unspecified atom stereocenters. The van der Waals surface area contributed by atoms with Crippen molar-refractivity contribution >= 4 is 5.91 Å². The summed E-state index contributed by atoms with van der Waals surface area (Å²) in [6.07, 6.45) is -1.22. The molecule has 1 aliphatic rings. The van der Waals surface area contributed by atoms with E-state index in [1.165, 1.54) is 0 Å². The molecule has 1 saturated heterocycles. The lowest BCUT2D eigenvalue weighted by Crippen LogP contribution is -2.43. The van der Waals surface area contributed by atoms with Crippen LogP contribution in [0.4, 0.5) is 13.2 Å². The van der Waals surface area contributed by atoms with Gasteiger partial charge in [-0.3, -0.25) is 4.79 Å². The summed E-state index contributed by atoms with van der Waals surface area (Å²) in [6, 6.07) is 0.0670. The van der Waals surface area contributed by atoms with Gasteiger partial charge in [-0.05, 0) is 25.7 Å². The average molecular weight is 268 g/mol. The first kappa shape index (κ1) is 15.2. The number of aliphatic hydroxyl groups is 1. The van der Waals surface area contributed by atoms with Crippen molar-refractivity contribution < 1.29 is 23.1 Å². The number of carbonyl (C=O) groups excluding carboxylic acids is 1. The minimum Gasteiger partial charge on any atom is -0.396 e. The number of likely N-dealkylation sites (tertiary alicyclic amines) is 1. The van der Waals surface area contributed by atoms with Crippen LogP contribution in [-0.4, -0.2) is 54.4 Å². The SMILES string of the molecule is O=C(CNCC(F)(F)F)N1CCCC1CCCO. The monoisotopic (exact) mass is 268 g/mol. The van der Waals surface area contributed by atoms with Crippen LogP contribution in [0.25, 0.3) is 0 Å². The standard InChI is InChI=1S/C11H19F3N2O2/c12-11(13,14)8-15-7-10(18)16-5-1-3-9(16)4-2-6-17/h9,15,17H,1-8H2. The quantitative estimate of drug-likeness (QED) is 0.752. The summed E-state index contributed by atoms with van der Waals surface area (Å²) in [6.45, 7) is -0.753. The Morgan fingerprint density at radius 2 is 2.17 bits per heavy atom. The molecular weight excluding hydrogens is 249 g/mol. The molecule has 1 heterocycles. The van der Waals surface area contributed by atoms with E-state index in [1.807, 2.05) is 0 Å². The second kappa shape index (κ2) is 6.94. The van der Waals surface area contributed by atoms with E-state index in [1.54, 1.807) is 4.90 Å². The minimum absolute atomic E-state index is 0.0670. The first-order valence-electron chi connectivity index (χ1n) is 6.12. The largest absolute Gasteiger partial charge is 0.401 e. The van der Waals surface area contributed by atoms with Crippen molar-refractivity contribution in [3.8, 4) is 0 Å². The number of amides is 1. The molecule has 18 heavy (non-hydrogen) atoms. The van der Waals surface area contributed by atoms with Gasteiger partial charge in [0.15, 0.2) is 0 Å². The zero-order chi connectivity index (χ0) is 13.6. The predicted octanol–water partition coefficient (Wildman–Crippen LogP) is 0.902. The molecule has 0 saturated carbocycles. The second-order valence-corrected chi connectivity index (χ2v) is 4.47. The Bertz CT molecular complexity index is 272. The van der Waals surface area contributed by atoms with Gasteiger partial charge in [-0.1, -0.05) is 0 Å². The van der Waals surface area contributed by atoms with Crippen molar-refractivity contribution in [2.24, 2.45) is 0 Å². The van der Waals surface area contributed by atoms with Gasteiger partial charge in [-0.25, -0.2) is 0 Å². The third kappa shape index (κ3) is 5.22. The fourth-order valence-electron chi connectivity index (χ4n) is 2.20. The summed E-state index contributed by atoms with van der Waals surface area (Å²) in [5.41, 5.74) is 0. The molecule has 1 rings (SSSR count). The molecular formula is C11H19F3N2O2. The van der Waals surface area contributed by atoms with Gasteiger partial charge in [-0.2, -0.15) is 13.2 Å². The first-order chi connectivity index (χ1) is 8.44. The molecule has 0 aromatic rings. The smallest absolute Gasteiger partial charge is 0.396 e. The number of hydrogen-bond acceptors (Lipinski definition) is 3. The number of aliphatic hydroxyl groups excluding tert-OH is 1. The van der Waals surface area contributed by atoms with Gasteiger partial charge >= 0.3 is 6.18 Å². The van der Waals surface area contributed by atoms with E-state index in [9.17, 15) is 18.0 Å². The summed E-state index contributed by atoms with van der Waals surface area (Å²) in [5, 5.41) is 10.9. The zero-order valence-electron chi connectivity index (χ0n) is 10.2. The summed E-state index contributed by atoms with van der Waals surface area (Å²) >= 11 is 0. The summed E-state index contributed by atoms with van der Waals surface area (Å²) < 4.78 is 35.7. The van der Waals surface area contributed by atoms with Crippen LogP contribution < -0.4 is 5.32 Å². The van der Waals surface area contributed by atoms with E-state index in [2.05, 4.69) is 5.32 Å². The van der Waals surface area contributed by atoms with Crippen molar-refractivity contribution in [1.82, 2.24) is 10.2 Å². The van der Waals surface area contributed by atoms with Crippen molar-refractivity contribution in [3.63, 3.8) is 0 Å². The highest BCUT2D eigenvalue weighted by Gasteiger charge is 2.30. The summed E-state index contributed by atoms with van der Waals surface area (Å²) in [7, 11) is 0. The van der Waals surface area contributed by atoms with E-state index in [0.29, 0.717) is 19.4 Å². The highest BCUT2D eigenvalue weighted by atomic mass is 19.4. The number of hydrogen-bond donors (Lipinski definition) is 2. The Kier molecular flexibility index (Phi) is 5.87. The number of nitrogens with one attached hydrogen (secondary N) is 1. The second-order valence-electron chi connectivity index (χ2n) is 4.47. The van der Waals surface area contributed by atoms with Crippen molar-refractivity contribution in [3.05, 3.63) is 0 Å². The van der Waals surface area contributed by atoms with E-state index >= 15 is 0 Å². The minimum atomic E-state index is -4.29. The molecule has 4 nitrogen and oxygen atoms in total. The molecule has 0 aromatic heterocycles. The molecule has 1 aliphatic heterocycles. The van der Waals surface area contributed by atoms with E-state index in [4.69, 9.17) is 5.11 Å². The topological polar surface area (TPSA) is 52.6 Å². The molecule has 1 atom stereocenters. The first-order valence-corrected chi connectivity index (χ1v) is 6.12. The molecule has 1 amide bonds. The van der Waals surface area contributed by atoms with Crippen LogP contribution in [0.1, 0.15) is 25.7 Å². The Morgan fingerprint density at radius 1 is 1.44 bits per heavy atom. The number of rotatable bonds is 6. The normalized spacial score (nSPS) is 20.4. The summed E-state index contributed by atoms with van der Waals surface area (Å²) in [5.74, 6) is -0.292. The van der Waals surface area contributed by atoms with Gasteiger partial charge in [0.05, 0.1) is 13.1 Å². The van der Waals surface area contributed by atoms with E-state index < -0.39 is 12.7 Å². The zero-order valence-corrected chi connectivity index (χ0v) is 10.2. The van der Waals surface area contributed by atoms with Crippen LogP contribution in [0.15, 0.2) is 0 Å². The third-order valence-electron chi connectivity index (χ3n) is 2.99. The van der Waals surface area contributed by atoms with Crippen molar-refractivity contribution in [1.29, 1.82) is 0 Å². The molecule has 0 aromatic carbocycles. The fourth-order valence-corrected chi connectivity index (χ4v) is 2.20. The van der Waals surface area contributed by atoms with Gasteiger partial charge < -0.3 is 15.3 Å². The van der Waals surface area contributed by atoms with Crippen molar-refractivity contribution in [2.75, 3.05) is 26.2 Å². The third-order valence-corrected chi connectivity index (χ3v) is 2.99. The number of halogens is 3. The lowest BCUT2D eigenvalue weighted by Gasteiger charge is -2.24. The Morgan fingerprint density at radius 3 is 2.78 bits per heavy atom. The van der Waals surface area contributed by atoms with Gasteiger partial charge in [0, 0.05) is 19.2 Å². The average Bonchev–Trinajstić information content (AvgIpc) is 2.72. The predicted molar refractivity (Wildman–Crippen MR) is 60.0 cm³/mol. The maximum absolute atomic E-state index is 11.9. The maximum Gasteiger partial charge on any atom is 0.401 e. The number of carbonyl (C=O) groups is 1. The van der Waals surface area contributed by atoms with Crippen LogP contribution in [0, 0.1) is 0 Å². The highest BCUT2D eigenvalue weighted by molar-refractivity contribution is 5.78. The maximum atomic E-state index is 11.9. The highest BCUT2D eigenvalue weighted by Crippen LogP contribution is 2.21. The molecule has 0 aliphatic carbocycles. The van der Waals surface area contributed by atoms with Crippen LogP contribution in [0.3, 0.4) is 0 Å². The Balaban J connectivity index is 2.31. The van der Waals surface area contributed by atoms with Gasteiger partial charge in [-0.15, -0.1) is 0 Å². The molecule has 7 heteroatoms. The molecule has 0 bridgehead atoms. The van der Waals surface area contributed by atoms with Gasteiger partial charge in [0.1, 0.15) is 0 Å². The summed E-state index contributed by atoms with van der Waals surface area (Å²) in [4.78, 5) is 13.4. The van der Waals surface area contributed by atoms with Gasteiger partial charge in [0.2, 0.25) is 5.91 Å². The van der Waals surface area contributed by atoms with E-state index in [0.717, 1.165) is 12.8 Å². The molecule has 106 valence electrons. The Hall–Kier alpha value is -0.820. The van der Waals surface area contributed by atoms with Crippen LogP contribution >= 0.6 is 0 Å². The lowest BCUT2D eigenvalue weighted by atomic mass is 10.1. The molecule has 1 fully saturated rings.